The Balaban J connectivity index is 2.03. The Bertz CT molecular complexity index is 662. The van der Waals surface area contributed by atoms with Gasteiger partial charge in [0.1, 0.15) is 6.04 Å². The van der Waals surface area contributed by atoms with E-state index in [1.165, 1.54) is 11.1 Å². The molecule has 3 rings (SSSR count). The summed E-state index contributed by atoms with van der Waals surface area (Å²) in [6.07, 6.45) is 6.31. The lowest BCUT2D eigenvalue weighted by molar-refractivity contribution is 0.288. The highest BCUT2D eigenvalue weighted by Crippen LogP contribution is 2.30. The van der Waals surface area contributed by atoms with Crippen LogP contribution < -0.4 is 5.32 Å². The molecule has 0 radical (unpaired) electrons. The van der Waals surface area contributed by atoms with Gasteiger partial charge in [0, 0.05) is 43.7 Å². The molecule has 0 aliphatic carbocycles. The Morgan fingerprint density at radius 2 is 2.17 bits per heavy atom. The minimum Gasteiger partial charge on any atom is -0.339 e. The lowest BCUT2D eigenvalue weighted by Crippen LogP contribution is -2.54. The van der Waals surface area contributed by atoms with Gasteiger partial charge >= 0.3 is 0 Å². The molecule has 1 aromatic rings. The van der Waals surface area contributed by atoms with Crippen LogP contribution in [0.4, 0.5) is 0 Å². The highest BCUT2D eigenvalue weighted by Gasteiger charge is 2.31. The maximum atomic E-state index is 4.82. The van der Waals surface area contributed by atoms with E-state index in [1.807, 2.05) is 20.0 Å². The average molecular weight is 344 g/mol. The van der Waals surface area contributed by atoms with E-state index in [0.29, 0.717) is 0 Å². The molecule has 0 spiro atoms. The number of piperazine rings is 1. The molecule has 2 aliphatic rings. The summed E-state index contributed by atoms with van der Waals surface area (Å²) in [5, 5.41) is 14.6. The van der Waals surface area contributed by atoms with E-state index in [2.05, 4.69) is 51.1 Å². The molecular weight excluding hydrogens is 318 g/mol. The van der Waals surface area contributed by atoms with Crippen LogP contribution in [0.3, 0.4) is 0 Å². The van der Waals surface area contributed by atoms with Crippen molar-refractivity contribution in [3.05, 3.63) is 40.7 Å². The van der Waals surface area contributed by atoms with E-state index in [4.69, 9.17) is 10.1 Å². The predicted molar refractivity (Wildman–Crippen MR) is 103 cm³/mol. The van der Waals surface area contributed by atoms with Gasteiger partial charge in [-0.05, 0) is 43.2 Å². The van der Waals surface area contributed by atoms with Crippen molar-refractivity contribution in [2.45, 2.75) is 26.8 Å². The summed E-state index contributed by atoms with van der Waals surface area (Å²) in [6.45, 7) is 10.0. The smallest absolute Gasteiger partial charge is 0.223 e. The largest absolute Gasteiger partial charge is 0.339 e. The summed E-state index contributed by atoms with van der Waals surface area (Å²) in [5.74, 6) is 0.944. The van der Waals surface area contributed by atoms with Crippen molar-refractivity contribution in [1.82, 2.24) is 15.2 Å². The van der Waals surface area contributed by atoms with Crippen LogP contribution in [0.25, 0.3) is 5.57 Å². The number of nitrogens with zero attached hydrogens (tertiary/aromatic N) is 4. The van der Waals surface area contributed by atoms with Crippen LogP contribution >= 0.6 is 11.3 Å². The van der Waals surface area contributed by atoms with E-state index in [9.17, 15) is 0 Å². The lowest BCUT2D eigenvalue weighted by atomic mass is 10.00. The van der Waals surface area contributed by atoms with Gasteiger partial charge in [-0.2, -0.15) is 16.4 Å². The zero-order valence-corrected chi connectivity index (χ0v) is 15.4. The first kappa shape index (κ1) is 16.9. The summed E-state index contributed by atoms with van der Waals surface area (Å²) >= 11 is 1.71. The second kappa shape index (κ2) is 7.77. The molecule has 0 bridgehead atoms. The monoisotopic (exact) mass is 343 g/mol. The van der Waals surface area contributed by atoms with Crippen molar-refractivity contribution in [1.29, 1.82) is 0 Å². The van der Waals surface area contributed by atoms with Crippen molar-refractivity contribution in [3.63, 3.8) is 0 Å². The van der Waals surface area contributed by atoms with Crippen molar-refractivity contribution in [2.24, 2.45) is 10.1 Å². The van der Waals surface area contributed by atoms with Crippen LogP contribution in [-0.4, -0.2) is 53.8 Å². The molecule has 1 unspecified atom stereocenters. The van der Waals surface area contributed by atoms with Gasteiger partial charge in [-0.1, -0.05) is 12.2 Å². The van der Waals surface area contributed by atoms with Crippen LogP contribution in [0.15, 0.2) is 45.3 Å². The fourth-order valence-corrected chi connectivity index (χ4v) is 3.64. The SMILES string of the molecule is C/C=C/C1C(c2ccsc2)=CN=C(N2CCNCC2)N1N=C(C)C. The van der Waals surface area contributed by atoms with Crippen molar-refractivity contribution in [2.75, 3.05) is 26.2 Å². The Hall–Kier alpha value is -1.92. The van der Waals surface area contributed by atoms with Gasteiger partial charge < -0.3 is 10.2 Å². The third kappa shape index (κ3) is 3.60. The molecule has 1 fully saturated rings. The Kier molecular flexibility index (Phi) is 5.48. The van der Waals surface area contributed by atoms with Crippen molar-refractivity contribution in [3.8, 4) is 0 Å². The molecule has 0 aromatic carbocycles. The van der Waals surface area contributed by atoms with E-state index in [0.717, 1.165) is 37.9 Å². The highest BCUT2D eigenvalue weighted by molar-refractivity contribution is 7.08. The molecule has 2 aliphatic heterocycles. The standard InChI is InChI=1S/C18H25N5S/c1-4-5-17-16(15-6-11-24-13-15)12-20-18(23(17)21-14(2)3)22-9-7-19-8-10-22/h4-6,11-13,17,19H,7-10H2,1-3H3/b5-4+. The van der Waals surface area contributed by atoms with Gasteiger partial charge in [0.25, 0.3) is 0 Å². The maximum Gasteiger partial charge on any atom is 0.223 e. The average Bonchev–Trinajstić information content (AvgIpc) is 3.11. The first-order valence-electron chi connectivity index (χ1n) is 8.40. The molecule has 5 nitrogen and oxygen atoms in total. The summed E-state index contributed by atoms with van der Waals surface area (Å²) in [4.78, 5) is 7.12. The number of thiophene rings is 1. The van der Waals surface area contributed by atoms with Gasteiger partial charge in [0.15, 0.2) is 0 Å². The van der Waals surface area contributed by atoms with E-state index in [-0.39, 0.29) is 6.04 Å². The molecule has 1 N–H and O–H groups in total. The molecule has 0 amide bonds. The van der Waals surface area contributed by atoms with Gasteiger partial charge in [0.2, 0.25) is 5.96 Å². The molecule has 1 aromatic heterocycles. The minimum absolute atomic E-state index is 0.0712. The van der Waals surface area contributed by atoms with Gasteiger partial charge in [0.05, 0.1) is 0 Å². The third-order valence-electron chi connectivity index (χ3n) is 4.04. The number of guanidine groups is 1. The minimum atomic E-state index is 0.0712. The van der Waals surface area contributed by atoms with Crippen LogP contribution in [0, 0.1) is 0 Å². The molecule has 0 saturated carbocycles. The van der Waals surface area contributed by atoms with Crippen LogP contribution in [0.5, 0.6) is 0 Å². The fraction of sp³-hybridized carbons (Fsp3) is 0.444. The van der Waals surface area contributed by atoms with Crippen molar-refractivity contribution >= 4 is 28.6 Å². The first-order chi connectivity index (χ1) is 11.7. The predicted octanol–water partition coefficient (Wildman–Crippen LogP) is 3.01. The normalized spacial score (nSPS) is 21.7. The molecule has 128 valence electrons. The van der Waals surface area contributed by atoms with E-state index in [1.54, 1.807) is 11.3 Å². The molecule has 1 atom stereocenters. The second-order valence-electron chi connectivity index (χ2n) is 6.13. The fourth-order valence-electron chi connectivity index (χ4n) is 2.97. The lowest BCUT2D eigenvalue weighted by Gasteiger charge is -2.39. The highest BCUT2D eigenvalue weighted by atomic mass is 32.1. The van der Waals surface area contributed by atoms with Crippen LogP contribution in [-0.2, 0) is 0 Å². The third-order valence-corrected chi connectivity index (χ3v) is 4.73. The number of aliphatic imine (C=N–C) groups is 1. The Morgan fingerprint density at radius 3 is 2.79 bits per heavy atom. The van der Waals surface area contributed by atoms with Crippen LogP contribution in [0.2, 0.25) is 0 Å². The number of hydrogen-bond donors (Lipinski definition) is 1. The maximum absolute atomic E-state index is 4.82. The van der Waals surface area contributed by atoms with Gasteiger partial charge in [-0.3, -0.25) is 0 Å². The quantitative estimate of drug-likeness (QED) is 0.678. The molecule has 1 saturated heterocycles. The van der Waals surface area contributed by atoms with Gasteiger partial charge in [-0.25, -0.2) is 10.0 Å². The molecular formula is C18H25N5S. The summed E-state index contributed by atoms with van der Waals surface area (Å²) in [7, 11) is 0. The molecule has 24 heavy (non-hydrogen) atoms. The second-order valence-corrected chi connectivity index (χ2v) is 6.91. The Morgan fingerprint density at radius 1 is 1.38 bits per heavy atom. The number of hydrogen-bond acceptors (Lipinski definition) is 6. The first-order valence-corrected chi connectivity index (χ1v) is 9.35. The summed E-state index contributed by atoms with van der Waals surface area (Å²) < 4.78 is 0. The van der Waals surface area contributed by atoms with E-state index >= 15 is 0 Å². The molecule has 3 heterocycles. The molecule has 6 heteroatoms. The van der Waals surface area contributed by atoms with Crippen molar-refractivity contribution < 1.29 is 0 Å². The van der Waals surface area contributed by atoms with E-state index < -0.39 is 0 Å². The number of allylic oxidation sites excluding steroid dienone is 1. The summed E-state index contributed by atoms with van der Waals surface area (Å²) in [5.41, 5.74) is 3.44. The van der Waals surface area contributed by atoms with Crippen LogP contribution in [0.1, 0.15) is 26.3 Å². The number of hydrazone groups is 1. The zero-order valence-electron chi connectivity index (χ0n) is 14.6. The number of rotatable bonds is 3. The Labute approximate surface area is 148 Å². The number of nitrogens with one attached hydrogen (secondary N) is 1. The van der Waals surface area contributed by atoms with Gasteiger partial charge in [-0.15, -0.1) is 0 Å². The topological polar surface area (TPSA) is 43.2 Å². The summed E-state index contributed by atoms with van der Waals surface area (Å²) in [6, 6.07) is 2.22. The zero-order chi connectivity index (χ0) is 16.9.